The highest BCUT2D eigenvalue weighted by Crippen LogP contribution is 2.15. The Morgan fingerprint density at radius 2 is 1.94 bits per heavy atom. The standard InChI is InChI=1S/C12H20N4/c1-2-14-11-8-12(10-13-9-11)15-16-6-4-3-5-7-16/h8-10,14-15H,2-7H2,1H3. The minimum atomic E-state index is 0.925. The predicted octanol–water partition coefficient (Wildman–Crippen LogP) is 2.33. The molecule has 2 rings (SSSR count). The van der Waals surface area contributed by atoms with Crippen LogP contribution in [0.4, 0.5) is 11.4 Å². The van der Waals surface area contributed by atoms with E-state index in [2.05, 4.69) is 33.7 Å². The molecule has 0 unspecified atom stereocenters. The summed E-state index contributed by atoms with van der Waals surface area (Å²) in [4.78, 5) is 4.22. The first kappa shape index (κ1) is 11.2. The highest BCUT2D eigenvalue weighted by Gasteiger charge is 2.09. The zero-order valence-electron chi connectivity index (χ0n) is 9.87. The minimum absolute atomic E-state index is 0.925. The van der Waals surface area contributed by atoms with Crippen molar-refractivity contribution >= 4 is 11.4 Å². The van der Waals surface area contributed by atoms with Crippen LogP contribution in [0.1, 0.15) is 26.2 Å². The molecule has 1 saturated heterocycles. The second kappa shape index (κ2) is 5.70. The average molecular weight is 220 g/mol. The monoisotopic (exact) mass is 220 g/mol. The fourth-order valence-corrected chi connectivity index (χ4v) is 1.99. The third kappa shape index (κ3) is 3.10. The lowest BCUT2D eigenvalue weighted by Crippen LogP contribution is -2.34. The lowest BCUT2D eigenvalue weighted by Gasteiger charge is -2.27. The van der Waals surface area contributed by atoms with Crippen molar-refractivity contribution in [2.45, 2.75) is 26.2 Å². The van der Waals surface area contributed by atoms with Crippen LogP contribution in [-0.4, -0.2) is 29.6 Å². The topological polar surface area (TPSA) is 40.2 Å². The Morgan fingerprint density at radius 3 is 2.69 bits per heavy atom. The number of hydrogen-bond acceptors (Lipinski definition) is 4. The molecule has 4 heteroatoms. The molecule has 16 heavy (non-hydrogen) atoms. The van der Waals surface area contributed by atoms with E-state index in [9.17, 15) is 0 Å². The number of hydrogen-bond donors (Lipinski definition) is 2. The van der Waals surface area contributed by atoms with E-state index in [4.69, 9.17) is 0 Å². The van der Waals surface area contributed by atoms with Gasteiger partial charge in [-0.3, -0.25) is 4.98 Å². The molecule has 2 heterocycles. The van der Waals surface area contributed by atoms with Crippen molar-refractivity contribution in [2.75, 3.05) is 30.4 Å². The lowest BCUT2D eigenvalue weighted by molar-refractivity contribution is 0.273. The maximum atomic E-state index is 4.22. The fraction of sp³-hybridized carbons (Fsp3) is 0.583. The Bertz CT molecular complexity index is 321. The third-order valence-electron chi connectivity index (χ3n) is 2.76. The van der Waals surface area contributed by atoms with Gasteiger partial charge in [0.2, 0.25) is 0 Å². The number of hydrazine groups is 1. The molecular weight excluding hydrogens is 200 g/mol. The first-order valence-electron chi connectivity index (χ1n) is 6.09. The van der Waals surface area contributed by atoms with Gasteiger partial charge >= 0.3 is 0 Å². The molecule has 2 N–H and O–H groups in total. The molecule has 1 aromatic rings. The molecule has 4 nitrogen and oxygen atoms in total. The summed E-state index contributed by atoms with van der Waals surface area (Å²) in [7, 11) is 0. The van der Waals surface area contributed by atoms with Gasteiger partial charge in [0.15, 0.2) is 0 Å². The molecule has 0 bridgehead atoms. The van der Waals surface area contributed by atoms with Gasteiger partial charge in [-0.05, 0) is 25.8 Å². The molecule has 1 fully saturated rings. The highest BCUT2D eigenvalue weighted by molar-refractivity contribution is 5.53. The number of rotatable bonds is 4. The molecule has 0 amide bonds. The molecule has 1 aliphatic heterocycles. The lowest BCUT2D eigenvalue weighted by atomic mass is 10.2. The van der Waals surface area contributed by atoms with E-state index in [-0.39, 0.29) is 0 Å². The van der Waals surface area contributed by atoms with Crippen LogP contribution < -0.4 is 10.7 Å². The van der Waals surface area contributed by atoms with E-state index >= 15 is 0 Å². The Hall–Kier alpha value is -1.29. The largest absolute Gasteiger partial charge is 0.384 e. The average Bonchev–Trinajstić information content (AvgIpc) is 2.31. The van der Waals surface area contributed by atoms with Crippen molar-refractivity contribution in [3.8, 4) is 0 Å². The van der Waals surface area contributed by atoms with Crippen LogP contribution in [-0.2, 0) is 0 Å². The van der Waals surface area contributed by atoms with Crippen LogP contribution in [0, 0.1) is 0 Å². The number of aromatic nitrogens is 1. The van der Waals surface area contributed by atoms with Crippen LogP contribution in [0.15, 0.2) is 18.5 Å². The van der Waals surface area contributed by atoms with Crippen LogP contribution in [0.25, 0.3) is 0 Å². The van der Waals surface area contributed by atoms with Crippen molar-refractivity contribution in [3.05, 3.63) is 18.5 Å². The maximum absolute atomic E-state index is 4.22. The van der Waals surface area contributed by atoms with Crippen molar-refractivity contribution in [2.24, 2.45) is 0 Å². The van der Waals surface area contributed by atoms with E-state index in [1.807, 2.05) is 12.4 Å². The molecule has 1 aromatic heterocycles. The van der Waals surface area contributed by atoms with Crippen molar-refractivity contribution in [1.82, 2.24) is 9.99 Å². The number of piperidine rings is 1. The Morgan fingerprint density at radius 1 is 1.19 bits per heavy atom. The summed E-state index contributed by atoms with van der Waals surface area (Å²) < 4.78 is 0. The molecule has 0 aliphatic carbocycles. The summed E-state index contributed by atoms with van der Waals surface area (Å²) in [5.41, 5.74) is 5.55. The third-order valence-corrected chi connectivity index (χ3v) is 2.76. The van der Waals surface area contributed by atoms with Gasteiger partial charge in [-0.25, -0.2) is 5.01 Å². The Labute approximate surface area is 97.0 Å². The van der Waals surface area contributed by atoms with Gasteiger partial charge in [0.05, 0.1) is 23.8 Å². The fourth-order valence-electron chi connectivity index (χ4n) is 1.99. The van der Waals surface area contributed by atoms with Gasteiger partial charge in [0.1, 0.15) is 0 Å². The van der Waals surface area contributed by atoms with Gasteiger partial charge in [-0.1, -0.05) is 6.42 Å². The van der Waals surface area contributed by atoms with E-state index < -0.39 is 0 Å². The van der Waals surface area contributed by atoms with Crippen LogP contribution in [0.2, 0.25) is 0 Å². The van der Waals surface area contributed by atoms with Gasteiger partial charge < -0.3 is 10.7 Å². The van der Waals surface area contributed by atoms with Gasteiger partial charge in [-0.2, -0.15) is 0 Å². The summed E-state index contributed by atoms with van der Waals surface area (Å²) in [5.74, 6) is 0. The molecule has 1 aliphatic rings. The van der Waals surface area contributed by atoms with E-state index in [1.54, 1.807) is 0 Å². The molecule has 0 radical (unpaired) electrons. The summed E-state index contributed by atoms with van der Waals surface area (Å²) in [6.45, 7) is 5.27. The van der Waals surface area contributed by atoms with Crippen LogP contribution in [0.5, 0.6) is 0 Å². The van der Waals surface area contributed by atoms with Crippen molar-refractivity contribution in [1.29, 1.82) is 0 Å². The van der Waals surface area contributed by atoms with Gasteiger partial charge in [0, 0.05) is 19.6 Å². The van der Waals surface area contributed by atoms with Crippen LogP contribution >= 0.6 is 0 Å². The second-order valence-corrected chi connectivity index (χ2v) is 4.15. The van der Waals surface area contributed by atoms with E-state index in [0.29, 0.717) is 0 Å². The molecule has 0 atom stereocenters. The zero-order chi connectivity index (χ0) is 11.2. The summed E-state index contributed by atoms with van der Waals surface area (Å²) in [6, 6.07) is 2.10. The van der Waals surface area contributed by atoms with Crippen molar-refractivity contribution < 1.29 is 0 Å². The maximum Gasteiger partial charge on any atom is 0.0694 e. The molecule has 0 aromatic carbocycles. The number of nitrogens with one attached hydrogen (secondary N) is 2. The van der Waals surface area contributed by atoms with Gasteiger partial charge in [-0.15, -0.1) is 0 Å². The number of anilines is 2. The normalized spacial score (nSPS) is 17.1. The molecule has 0 saturated carbocycles. The summed E-state index contributed by atoms with van der Waals surface area (Å²) in [6.07, 6.45) is 7.65. The molecule has 88 valence electrons. The second-order valence-electron chi connectivity index (χ2n) is 4.15. The molecule has 0 spiro atoms. The van der Waals surface area contributed by atoms with Crippen LogP contribution in [0.3, 0.4) is 0 Å². The summed E-state index contributed by atoms with van der Waals surface area (Å²) in [5, 5.41) is 5.54. The zero-order valence-corrected chi connectivity index (χ0v) is 9.87. The number of pyridine rings is 1. The van der Waals surface area contributed by atoms with E-state index in [1.165, 1.54) is 19.3 Å². The minimum Gasteiger partial charge on any atom is -0.384 e. The smallest absolute Gasteiger partial charge is 0.0694 e. The predicted molar refractivity (Wildman–Crippen MR) is 67.4 cm³/mol. The van der Waals surface area contributed by atoms with E-state index in [0.717, 1.165) is 31.0 Å². The summed E-state index contributed by atoms with van der Waals surface area (Å²) >= 11 is 0. The van der Waals surface area contributed by atoms with Gasteiger partial charge in [0.25, 0.3) is 0 Å². The SMILES string of the molecule is CCNc1cncc(NN2CCCCC2)c1. The van der Waals surface area contributed by atoms with Crippen molar-refractivity contribution in [3.63, 3.8) is 0 Å². The number of nitrogens with zero attached hydrogens (tertiary/aromatic N) is 2. The first-order valence-corrected chi connectivity index (χ1v) is 6.09. The first-order chi connectivity index (χ1) is 7.88. The highest BCUT2D eigenvalue weighted by atomic mass is 15.5. The molecular formula is C12H20N4. The Kier molecular flexibility index (Phi) is 3.99. The Balaban J connectivity index is 1.94. The quantitative estimate of drug-likeness (QED) is 0.817.